The summed E-state index contributed by atoms with van der Waals surface area (Å²) in [4.78, 5) is 0. The fourth-order valence-corrected chi connectivity index (χ4v) is 1.36. The van der Waals surface area contributed by atoms with Gasteiger partial charge in [-0.25, -0.2) is 0 Å². The molecule has 2 heterocycles. The Labute approximate surface area is 93.4 Å². The smallest absolute Gasteiger partial charge is 0.117 e. The molecule has 0 aliphatic heterocycles. The maximum atomic E-state index is 5.44. The minimum absolute atomic E-state index is 0.430. The van der Waals surface area contributed by atoms with Crippen molar-refractivity contribution >= 4 is 0 Å². The second-order valence-electron chi connectivity index (χ2n) is 3.43. The van der Waals surface area contributed by atoms with Crippen molar-refractivity contribution in [2.24, 2.45) is 5.73 Å². The van der Waals surface area contributed by atoms with Crippen LogP contribution in [-0.4, -0.2) is 21.5 Å². The Hall–Kier alpha value is -1.66. The lowest BCUT2D eigenvalue weighted by Gasteiger charge is -2.01. The Morgan fingerprint density at radius 2 is 2.44 bits per heavy atom. The van der Waals surface area contributed by atoms with E-state index in [9.17, 15) is 0 Å². The van der Waals surface area contributed by atoms with E-state index in [-0.39, 0.29) is 0 Å². The SMILES string of the molecule is NCc1cn(CCNCc2ccco2)nn1. The Morgan fingerprint density at radius 1 is 1.50 bits per heavy atom. The van der Waals surface area contributed by atoms with Crippen molar-refractivity contribution in [3.63, 3.8) is 0 Å². The van der Waals surface area contributed by atoms with E-state index in [1.165, 1.54) is 0 Å². The molecule has 0 unspecified atom stereocenters. The van der Waals surface area contributed by atoms with Crippen LogP contribution in [0, 0.1) is 0 Å². The number of nitrogens with one attached hydrogen (secondary N) is 1. The zero-order valence-electron chi connectivity index (χ0n) is 8.97. The van der Waals surface area contributed by atoms with Crippen LogP contribution in [0.3, 0.4) is 0 Å². The lowest BCUT2D eigenvalue weighted by atomic mass is 10.4. The topological polar surface area (TPSA) is 81.9 Å². The molecule has 6 nitrogen and oxygen atoms in total. The quantitative estimate of drug-likeness (QED) is 0.677. The zero-order chi connectivity index (χ0) is 11.2. The first-order valence-corrected chi connectivity index (χ1v) is 5.20. The lowest BCUT2D eigenvalue weighted by molar-refractivity contribution is 0.467. The highest BCUT2D eigenvalue weighted by molar-refractivity contribution is 4.97. The molecule has 0 amide bonds. The van der Waals surface area contributed by atoms with E-state index in [4.69, 9.17) is 10.2 Å². The zero-order valence-corrected chi connectivity index (χ0v) is 8.97. The number of rotatable bonds is 6. The molecule has 0 aliphatic rings. The van der Waals surface area contributed by atoms with Crippen molar-refractivity contribution in [2.45, 2.75) is 19.6 Å². The maximum Gasteiger partial charge on any atom is 0.117 e. The van der Waals surface area contributed by atoms with Gasteiger partial charge in [0.2, 0.25) is 0 Å². The van der Waals surface area contributed by atoms with Crippen molar-refractivity contribution in [1.82, 2.24) is 20.3 Å². The number of hydrogen-bond acceptors (Lipinski definition) is 5. The molecule has 6 heteroatoms. The fourth-order valence-electron chi connectivity index (χ4n) is 1.36. The van der Waals surface area contributed by atoms with Crippen LogP contribution in [0.15, 0.2) is 29.0 Å². The van der Waals surface area contributed by atoms with Crippen molar-refractivity contribution in [3.05, 3.63) is 36.0 Å². The van der Waals surface area contributed by atoms with Crippen LogP contribution in [-0.2, 0) is 19.6 Å². The molecular formula is C10H15N5O. The fraction of sp³-hybridized carbons (Fsp3) is 0.400. The summed E-state index contributed by atoms with van der Waals surface area (Å²) in [5.41, 5.74) is 6.25. The van der Waals surface area contributed by atoms with Crippen LogP contribution in [0.4, 0.5) is 0 Å². The van der Waals surface area contributed by atoms with Gasteiger partial charge in [0.25, 0.3) is 0 Å². The Bertz CT molecular complexity index is 409. The summed E-state index contributed by atoms with van der Waals surface area (Å²) in [7, 11) is 0. The minimum atomic E-state index is 0.430. The van der Waals surface area contributed by atoms with E-state index in [1.54, 1.807) is 10.9 Å². The number of nitrogens with zero attached hydrogens (tertiary/aromatic N) is 3. The van der Waals surface area contributed by atoms with Gasteiger partial charge in [-0.1, -0.05) is 5.21 Å². The first kappa shape index (κ1) is 10.8. The predicted molar refractivity (Wildman–Crippen MR) is 58.3 cm³/mol. The third kappa shape index (κ3) is 2.91. The molecule has 0 spiro atoms. The van der Waals surface area contributed by atoms with Crippen molar-refractivity contribution in [1.29, 1.82) is 0 Å². The van der Waals surface area contributed by atoms with Crippen LogP contribution < -0.4 is 11.1 Å². The molecule has 0 radical (unpaired) electrons. The Morgan fingerprint density at radius 3 is 3.12 bits per heavy atom. The molecule has 0 fully saturated rings. The van der Waals surface area contributed by atoms with E-state index < -0.39 is 0 Å². The molecule has 2 rings (SSSR count). The number of hydrogen-bond donors (Lipinski definition) is 2. The first-order valence-electron chi connectivity index (χ1n) is 5.20. The minimum Gasteiger partial charge on any atom is -0.468 e. The summed E-state index contributed by atoms with van der Waals surface area (Å²) in [5.74, 6) is 0.932. The van der Waals surface area contributed by atoms with Crippen LogP contribution in [0.25, 0.3) is 0 Å². The molecule has 16 heavy (non-hydrogen) atoms. The third-order valence-corrected chi connectivity index (χ3v) is 2.19. The van der Waals surface area contributed by atoms with Gasteiger partial charge in [-0.3, -0.25) is 4.68 Å². The highest BCUT2D eigenvalue weighted by Gasteiger charge is 1.98. The van der Waals surface area contributed by atoms with Crippen LogP contribution in [0.1, 0.15) is 11.5 Å². The van der Waals surface area contributed by atoms with E-state index in [0.717, 1.165) is 31.1 Å². The first-order chi connectivity index (χ1) is 7.88. The molecule has 0 saturated carbocycles. The van der Waals surface area contributed by atoms with E-state index in [0.29, 0.717) is 6.54 Å². The van der Waals surface area contributed by atoms with Crippen LogP contribution >= 0.6 is 0 Å². The second kappa shape index (κ2) is 5.43. The van der Waals surface area contributed by atoms with E-state index in [2.05, 4.69) is 15.6 Å². The maximum absolute atomic E-state index is 5.44. The standard InChI is InChI=1S/C10H15N5O/c11-6-9-8-15(14-13-9)4-3-12-7-10-2-1-5-16-10/h1-2,5,8,12H,3-4,6-7,11H2. The third-order valence-electron chi connectivity index (χ3n) is 2.19. The summed E-state index contributed by atoms with van der Waals surface area (Å²) >= 11 is 0. The van der Waals surface area contributed by atoms with Gasteiger partial charge in [-0.15, -0.1) is 5.10 Å². The van der Waals surface area contributed by atoms with E-state index in [1.807, 2.05) is 18.3 Å². The van der Waals surface area contributed by atoms with Crippen molar-refractivity contribution < 1.29 is 4.42 Å². The largest absolute Gasteiger partial charge is 0.468 e. The highest BCUT2D eigenvalue weighted by Crippen LogP contribution is 1.98. The monoisotopic (exact) mass is 221 g/mol. The average Bonchev–Trinajstić information content (AvgIpc) is 2.95. The van der Waals surface area contributed by atoms with Gasteiger partial charge in [0, 0.05) is 19.3 Å². The number of nitrogens with two attached hydrogens (primary N) is 1. The number of aromatic nitrogens is 3. The summed E-state index contributed by atoms with van der Waals surface area (Å²) in [5, 5.41) is 11.1. The summed E-state index contributed by atoms with van der Waals surface area (Å²) < 4.78 is 6.97. The molecule has 2 aromatic heterocycles. The molecule has 3 N–H and O–H groups in total. The van der Waals surface area contributed by atoms with Gasteiger partial charge in [-0.2, -0.15) is 0 Å². The summed E-state index contributed by atoms with van der Waals surface area (Å²) in [6.07, 6.45) is 3.52. The lowest BCUT2D eigenvalue weighted by Crippen LogP contribution is -2.19. The molecule has 0 aliphatic carbocycles. The van der Waals surface area contributed by atoms with Gasteiger partial charge in [-0.05, 0) is 12.1 Å². The molecule has 0 saturated heterocycles. The summed E-state index contributed by atoms with van der Waals surface area (Å²) in [6.45, 7) is 2.74. The van der Waals surface area contributed by atoms with Gasteiger partial charge < -0.3 is 15.5 Å². The molecule has 86 valence electrons. The Balaban J connectivity index is 1.68. The average molecular weight is 221 g/mol. The predicted octanol–water partition coefficient (Wildman–Crippen LogP) is 0.120. The normalized spacial score (nSPS) is 10.8. The van der Waals surface area contributed by atoms with Gasteiger partial charge in [0.05, 0.1) is 25.0 Å². The van der Waals surface area contributed by atoms with Crippen LogP contribution in [0.5, 0.6) is 0 Å². The van der Waals surface area contributed by atoms with Crippen molar-refractivity contribution in [2.75, 3.05) is 6.54 Å². The molecule has 0 bridgehead atoms. The Kier molecular flexibility index (Phi) is 3.68. The van der Waals surface area contributed by atoms with Crippen molar-refractivity contribution in [3.8, 4) is 0 Å². The van der Waals surface area contributed by atoms with E-state index >= 15 is 0 Å². The van der Waals surface area contributed by atoms with Gasteiger partial charge in [0.1, 0.15) is 5.76 Å². The van der Waals surface area contributed by atoms with Gasteiger partial charge >= 0.3 is 0 Å². The molecule has 0 aromatic carbocycles. The molecule has 0 atom stereocenters. The van der Waals surface area contributed by atoms with Crippen LogP contribution in [0.2, 0.25) is 0 Å². The second-order valence-corrected chi connectivity index (χ2v) is 3.43. The highest BCUT2D eigenvalue weighted by atomic mass is 16.3. The molecule has 2 aromatic rings. The summed E-state index contributed by atoms with van der Waals surface area (Å²) in [6, 6.07) is 3.82. The van der Waals surface area contributed by atoms with Gasteiger partial charge in [0.15, 0.2) is 0 Å². The molecular weight excluding hydrogens is 206 g/mol. The number of furan rings is 1.